The summed E-state index contributed by atoms with van der Waals surface area (Å²) in [6.45, 7) is 1.57. The molecule has 8 heteroatoms. The highest BCUT2D eigenvalue weighted by atomic mass is 19.4. The first-order chi connectivity index (χ1) is 15.7. The number of hydrogen-bond acceptors (Lipinski definition) is 2. The molecule has 0 bridgehead atoms. The number of hydrogen-bond donors (Lipinski definition) is 3. The predicted molar refractivity (Wildman–Crippen MR) is 119 cm³/mol. The number of alkyl halides is 3. The number of carbonyl (C=O) groups is 2. The van der Waals surface area contributed by atoms with Crippen LogP contribution in [0.15, 0.2) is 90.1 Å². The van der Waals surface area contributed by atoms with Gasteiger partial charge < -0.3 is 16.0 Å². The van der Waals surface area contributed by atoms with E-state index >= 15 is 0 Å². The lowest BCUT2D eigenvalue weighted by molar-refractivity contribution is -0.137. The molecule has 0 saturated carbocycles. The molecule has 3 aromatic rings. The fourth-order valence-electron chi connectivity index (χ4n) is 3.72. The van der Waals surface area contributed by atoms with E-state index in [-0.39, 0.29) is 11.3 Å². The molecule has 5 nitrogen and oxygen atoms in total. The van der Waals surface area contributed by atoms with Crippen LogP contribution in [0.3, 0.4) is 0 Å². The van der Waals surface area contributed by atoms with Gasteiger partial charge in [-0.05, 0) is 41.8 Å². The van der Waals surface area contributed by atoms with Crippen molar-refractivity contribution in [1.29, 1.82) is 0 Å². The zero-order chi connectivity index (χ0) is 23.6. The number of anilines is 1. The van der Waals surface area contributed by atoms with Gasteiger partial charge in [-0.15, -0.1) is 0 Å². The van der Waals surface area contributed by atoms with Crippen LogP contribution in [0, 0.1) is 0 Å². The van der Waals surface area contributed by atoms with Crippen LogP contribution in [0.25, 0.3) is 11.1 Å². The van der Waals surface area contributed by atoms with Crippen molar-refractivity contribution < 1.29 is 22.8 Å². The van der Waals surface area contributed by atoms with Gasteiger partial charge in [0.1, 0.15) is 0 Å². The van der Waals surface area contributed by atoms with Crippen molar-refractivity contribution in [1.82, 2.24) is 10.6 Å². The lowest BCUT2D eigenvalue weighted by atomic mass is 9.93. The van der Waals surface area contributed by atoms with Gasteiger partial charge in [0.2, 0.25) is 0 Å². The van der Waals surface area contributed by atoms with E-state index in [1.54, 1.807) is 6.92 Å². The Morgan fingerprint density at radius 1 is 0.909 bits per heavy atom. The fraction of sp³-hybridized carbons (Fsp3) is 0.120. The number of rotatable bonds is 4. The highest BCUT2D eigenvalue weighted by Crippen LogP contribution is 2.32. The predicted octanol–water partition coefficient (Wildman–Crippen LogP) is 5.64. The van der Waals surface area contributed by atoms with Gasteiger partial charge in [-0.2, -0.15) is 13.2 Å². The summed E-state index contributed by atoms with van der Waals surface area (Å²) in [5.41, 5.74) is 2.32. The van der Waals surface area contributed by atoms with Crippen molar-refractivity contribution in [3.05, 3.63) is 101 Å². The maximum Gasteiger partial charge on any atom is 0.416 e. The van der Waals surface area contributed by atoms with E-state index in [9.17, 15) is 22.8 Å². The molecule has 4 rings (SSSR count). The summed E-state index contributed by atoms with van der Waals surface area (Å²) in [4.78, 5) is 25.2. The molecule has 168 valence electrons. The van der Waals surface area contributed by atoms with Crippen molar-refractivity contribution in [2.24, 2.45) is 0 Å². The van der Waals surface area contributed by atoms with Crippen LogP contribution in [0.5, 0.6) is 0 Å². The van der Waals surface area contributed by atoms with Gasteiger partial charge in [0.15, 0.2) is 0 Å². The summed E-state index contributed by atoms with van der Waals surface area (Å²) in [5, 5.41) is 7.80. The van der Waals surface area contributed by atoms with Gasteiger partial charge in [0.05, 0.1) is 17.2 Å². The second-order valence-electron chi connectivity index (χ2n) is 7.59. The molecule has 0 radical (unpaired) electrons. The molecule has 0 spiro atoms. The summed E-state index contributed by atoms with van der Waals surface area (Å²) in [6.07, 6.45) is -4.53. The van der Waals surface area contributed by atoms with E-state index in [0.717, 1.165) is 23.3 Å². The Hall–Kier alpha value is -4.07. The Bertz CT molecular complexity index is 1220. The Balaban J connectivity index is 1.62. The zero-order valence-electron chi connectivity index (χ0n) is 17.5. The van der Waals surface area contributed by atoms with Crippen LogP contribution in [0.2, 0.25) is 0 Å². The van der Waals surface area contributed by atoms with Gasteiger partial charge in [-0.3, -0.25) is 4.79 Å². The first-order valence-electron chi connectivity index (χ1n) is 10.1. The van der Waals surface area contributed by atoms with E-state index in [1.807, 2.05) is 54.6 Å². The maximum atomic E-state index is 13.1. The Morgan fingerprint density at radius 2 is 1.58 bits per heavy atom. The average molecular weight is 451 g/mol. The van der Waals surface area contributed by atoms with Crippen molar-refractivity contribution in [3.8, 4) is 11.1 Å². The summed E-state index contributed by atoms with van der Waals surface area (Å²) < 4.78 is 39.1. The molecular formula is C25H20F3N3O2. The van der Waals surface area contributed by atoms with Gasteiger partial charge in [-0.25, -0.2) is 4.79 Å². The van der Waals surface area contributed by atoms with Gasteiger partial charge in [0.25, 0.3) is 5.91 Å². The van der Waals surface area contributed by atoms with Crippen LogP contribution in [0.1, 0.15) is 24.1 Å². The zero-order valence-corrected chi connectivity index (χ0v) is 17.5. The van der Waals surface area contributed by atoms with Gasteiger partial charge in [-0.1, -0.05) is 60.7 Å². The Labute approximate surface area is 188 Å². The largest absolute Gasteiger partial charge is 0.416 e. The third-order valence-corrected chi connectivity index (χ3v) is 5.31. The molecule has 3 aromatic carbocycles. The summed E-state index contributed by atoms with van der Waals surface area (Å²) in [5.74, 6) is -0.614. The van der Waals surface area contributed by atoms with Crippen LogP contribution < -0.4 is 16.0 Å². The molecule has 3 amide bonds. The topological polar surface area (TPSA) is 70.2 Å². The van der Waals surface area contributed by atoms with Crippen molar-refractivity contribution in [2.75, 3.05) is 5.32 Å². The molecular weight excluding hydrogens is 431 g/mol. The van der Waals surface area contributed by atoms with Crippen molar-refractivity contribution in [3.63, 3.8) is 0 Å². The first-order valence-corrected chi connectivity index (χ1v) is 10.1. The Kier molecular flexibility index (Phi) is 5.91. The maximum absolute atomic E-state index is 13.1. The van der Waals surface area contributed by atoms with E-state index < -0.39 is 29.7 Å². The number of halogens is 3. The molecule has 0 fully saturated rings. The minimum Gasteiger partial charge on any atom is -0.327 e. The number of allylic oxidation sites excluding steroid dienone is 1. The lowest BCUT2D eigenvalue weighted by Crippen LogP contribution is -2.45. The van der Waals surface area contributed by atoms with Crippen LogP contribution in [0.4, 0.5) is 23.7 Å². The normalized spacial score (nSPS) is 16.1. The fourth-order valence-corrected chi connectivity index (χ4v) is 3.72. The second-order valence-corrected chi connectivity index (χ2v) is 7.59. The standard InChI is InChI=1S/C25H20F3N3O2/c1-15-21(23(32)30-20-9-5-8-19(14-20)25(26,27)28)22(31-24(33)29-15)18-12-10-17(11-13-18)16-6-3-2-4-7-16/h2-14,22H,1H3,(H,30,32)(H2,29,31,33)/t22-/m0/s1. The van der Waals surface area contributed by atoms with Crippen LogP contribution in [-0.4, -0.2) is 11.9 Å². The summed E-state index contributed by atoms with van der Waals surface area (Å²) >= 11 is 0. The molecule has 1 atom stereocenters. The van der Waals surface area contributed by atoms with Crippen molar-refractivity contribution in [2.45, 2.75) is 19.1 Å². The minimum absolute atomic E-state index is 0.00482. The van der Waals surface area contributed by atoms with E-state index in [1.165, 1.54) is 12.1 Å². The molecule has 1 heterocycles. The molecule has 0 aromatic heterocycles. The number of benzene rings is 3. The van der Waals surface area contributed by atoms with Gasteiger partial charge in [0, 0.05) is 11.4 Å². The molecule has 0 aliphatic carbocycles. The molecule has 0 unspecified atom stereocenters. The smallest absolute Gasteiger partial charge is 0.327 e. The van der Waals surface area contributed by atoms with E-state index in [2.05, 4.69) is 16.0 Å². The monoisotopic (exact) mass is 451 g/mol. The lowest BCUT2D eigenvalue weighted by Gasteiger charge is -2.29. The molecule has 0 saturated heterocycles. The third-order valence-electron chi connectivity index (χ3n) is 5.31. The highest BCUT2D eigenvalue weighted by Gasteiger charge is 2.33. The van der Waals surface area contributed by atoms with Crippen LogP contribution in [-0.2, 0) is 11.0 Å². The Morgan fingerprint density at radius 3 is 2.24 bits per heavy atom. The number of nitrogens with one attached hydrogen (secondary N) is 3. The van der Waals surface area contributed by atoms with Crippen LogP contribution >= 0.6 is 0 Å². The number of carbonyl (C=O) groups excluding carboxylic acids is 2. The molecule has 1 aliphatic rings. The van der Waals surface area contributed by atoms with Gasteiger partial charge >= 0.3 is 12.2 Å². The van der Waals surface area contributed by atoms with Crippen molar-refractivity contribution >= 4 is 17.6 Å². The second kappa shape index (κ2) is 8.82. The summed E-state index contributed by atoms with van der Waals surface area (Å²) in [7, 11) is 0. The molecule has 1 aliphatic heterocycles. The third kappa shape index (κ3) is 4.90. The molecule has 33 heavy (non-hydrogen) atoms. The minimum atomic E-state index is -4.53. The SMILES string of the molecule is CC1=C(C(=O)Nc2cccc(C(F)(F)F)c2)[C@H](c2ccc(-c3ccccc3)cc2)NC(=O)N1. The highest BCUT2D eigenvalue weighted by molar-refractivity contribution is 6.06. The number of amides is 3. The summed E-state index contributed by atoms with van der Waals surface area (Å²) in [6, 6.07) is 20.3. The van der Waals surface area contributed by atoms with E-state index in [4.69, 9.17) is 0 Å². The average Bonchev–Trinajstić information content (AvgIpc) is 2.79. The van der Waals surface area contributed by atoms with E-state index in [0.29, 0.717) is 11.3 Å². The number of urea groups is 1. The first kappa shape index (κ1) is 22.1. The molecule has 3 N–H and O–H groups in total. The quantitative estimate of drug-likeness (QED) is 0.481.